The molecule has 3 nitrogen and oxygen atoms in total. The first kappa shape index (κ1) is 9.99. The van der Waals surface area contributed by atoms with Gasteiger partial charge in [0.1, 0.15) is 5.82 Å². The van der Waals surface area contributed by atoms with Crippen molar-refractivity contribution in [2.45, 2.75) is 20.5 Å². The molecule has 0 radical (unpaired) electrons. The molecular formula is C10H16N2O. The normalized spacial score (nSPS) is 10.7. The fraction of sp³-hybridized carbons (Fsp3) is 0.500. The first-order valence-electron chi connectivity index (χ1n) is 4.47. The fourth-order valence-electron chi connectivity index (χ4n) is 0.978. The number of nitrogens with zero attached hydrogens (tertiary/aromatic N) is 1. The van der Waals surface area contributed by atoms with E-state index in [1.54, 1.807) is 6.07 Å². The molecule has 72 valence electrons. The van der Waals surface area contributed by atoms with Gasteiger partial charge in [-0.3, -0.25) is 0 Å². The smallest absolute Gasteiger partial charge is 0.123 e. The zero-order valence-electron chi connectivity index (χ0n) is 8.16. The maximum Gasteiger partial charge on any atom is 0.123 e. The molecule has 0 atom stereocenters. The zero-order chi connectivity index (χ0) is 9.68. The highest BCUT2D eigenvalue weighted by Crippen LogP contribution is 2.03. The van der Waals surface area contributed by atoms with Crippen LogP contribution < -0.4 is 5.73 Å². The molecule has 0 saturated heterocycles. The molecule has 0 unspecified atom stereocenters. The Morgan fingerprint density at radius 1 is 1.46 bits per heavy atom. The van der Waals surface area contributed by atoms with E-state index < -0.39 is 0 Å². The van der Waals surface area contributed by atoms with Crippen LogP contribution in [0.15, 0.2) is 18.2 Å². The van der Waals surface area contributed by atoms with E-state index in [1.807, 2.05) is 12.1 Å². The second-order valence-corrected chi connectivity index (χ2v) is 3.46. The topological polar surface area (TPSA) is 48.1 Å². The number of aromatic nitrogens is 1. The molecule has 1 rings (SSSR count). The van der Waals surface area contributed by atoms with Crippen LogP contribution >= 0.6 is 0 Å². The highest BCUT2D eigenvalue weighted by atomic mass is 16.5. The third-order valence-corrected chi connectivity index (χ3v) is 1.53. The summed E-state index contributed by atoms with van der Waals surface area (Å²) >= 11 is 0. The van der Waals surface area contributed by atoms with E-state index in [2.05, 4.69) is 18.8 Å². The Labute approximate surface area is 78.9 Å². The molecule has 0 aliphatic heterocycles. The van der Waals surface area contributed by atoms with Crippen molar-refractivity contribution in [1.29, 1.82) is 0 Å². The van der Waals surface area contributed by atoms with E-state index in [-0.39, 0.29) is 0 Å². The monoisotopic (exact) mass is 180 g/mol. The van der Waals surface area contributed by atoms with E-state index in [1.165, 1.54) is 0 Å². The number of pyridine rings is 1. The molecule has 0 fully saturated rings. The lowest BCUT2D eigenvalue weighted by molar-refractivity contribution is 0.0949. The van der Waals surface area contributed by atoms with Gasteiger partial charge < -0.3 is 10.5 Å². The summed E-state index contributed by atoms with van der Waals surface area (Å²) in [6.45, 7) is 5.54. The molecule has 13 heavy (non-hydrogen) atoms. The predicted molar refractivity (Wildman–Crippen MR) is 53.1 cm³/mol. The lowest BCUT2D eigenvalue weighted by Gasteiger charge is -2.06. The molecule has 0 bridgehead atoms. The average Bonchev–Trinajstić information content (AvgIpc) is 2.03. The van der Waals surface area contributed by atoms with E-state index in [0.717, 1.165) is 12.3 Å². The summed E-state index contributed by atoms with van der Waals surface area (Å²) in [6.07, 6.45) is 0. The quantitative estimate of drug-likeness (QED) is 0.769. The number of nitrogens with two attached hydrogens (primary N) is 1. The summed E-state index contributed by atoms with van der Waals surface area (Å²) < 4.78 is 5.42. The van der Waals surface area contributed by atoms with E-state index in [9.17, 15) is 0 Å². The van der Waals surface area contributed by atoms with Crippen LogP contribution in [-0.2, 0) is 11.3 Å². The van der Waals surface area contributed by atoms with Crippen molar-refractivity contribution in [3.05, 3.63) is 23.9 Å². The SMILES string of the molecule is CC(C)COCc1cccc(N)n1. The van der Waals surface area contributed by atoms with Crippen molar-refractivity contribution >= 4 is 5.82 Å². The third-order valence-electron chi connectivity index (χ3n) is 1.53. The average molecular weight is 180 g/mol. The molecule has 1 aromatic heterocycles. The van der Waals surface area contributed by atoms with E-state index in [4.69, 9.17) is 10.5 Å². The van der Waals surface area contributed by atoms with Crippen molar-refractivity contribution in [3.8, 4) is 0 Å². The number of anilines is 1. The summed E-state index contributed by atoms with van der Waals surface area (Å²) in [5.74, 6) is 1.10. The molecule has 0 amide bonds. The van der Waals surface area contributed by atoms with Gasteiger partial charge in [-0.2, -0.15) is 0 Å². The number of ether oxygens (including phenoxy) is 1. The molecular weight excluding hydrogens is 164 g/mol. The van der Waals surface area contributed by atoms with Crippen molar-refractivity contribution in [1.82, 2.24) is 4.98 Å². The van der Waals surface area contributed by atoms with Gasteiger partial charge in [0.25, 0.3) is 0 Å². The fourth-order valence-corrected chi connectivity index (χ4v) is 0.978. The largest absolute Gasteiger partial charge is 0.384 e. The van der Waals surface area contributed by atoms with Crippen LogP contribution in [0.25, 0.3) is 0 Å². The summed E-state index contributed by atoms with van der Waals surface area (Å²) in [6, 6.07) is 5.57. The minimum atomic E-state index is 0.545. The van der Waals surface area contributed by atoms with Crippen molar-refractivity contribution < 1.29 is 4.74 Å². The highest BCUT2D eigenvalue weighted by Gasteiger charge is 1.97. The van der Waals surface area contributed by atoms with Crippen LogP contribution in [0.3, 0.4) is 0 Å². The minimum Gasteiger partial charge on any atom is -0.384 e. The van der Waals surface area contributed by atoms with Gasteiger partial charge in [-0.1, -0.05) is 19.9 Å². The Balaban J connectivity index is 2.37. The second-order valence-electron chi connectivity index (χ2n) is 3.46. The van der Waals surface area contributed by atoms with E-state index >= 15 is 0 Å². The van der Waals surface area contributed by atoms with Gasteiger partial charge in [0.15, 0.2) is 0 Å². The molecule has 0 aliphatic rings. The number of nitrogen functional groups attached to an aromatic ring is 1. The standard InChI is InChI=1S/C10H16N2O/c1-8(2)6-13-7-9-4-3-5-10(11)12-9/h3-5,8H,6-7H2,1-2H3,(H2,11,12). The first-order chi connectivity index (χ1) is 6.18. The number of hydrogen-bond acceptors (Lipinski definition) is 3. The van der Waals surface area contributed by atoms with Crippen molar-refractivity contribution in [3.63, 3.8) is 0 Å². The minimum absolute atomic E-state index is 0.545. The Kier molecular flexibility index (Phi) is 3.71. The summed E-state index contributed by atoms with van der Waals surface area (Å²) in [7, 11) is 0. The Hall–Kier alpha value is -1.09. The third kappa shape index (κ3) is 3.90. The molecule has 1 heterocycles. The molecule has 0 aromatic carbocycles. The first-order valence-corrected chi connectivity index (χ1v) is 4.47. The number of rotatable bonds is 4. The van der Waals surface area contributed by atoms with Crippen LogP contribution in [0.4, 0.5) is 5.82 Å². The maximum absolute atomic E-state index is 5.52. The van der Waals surface area contributed by atoms with Gasteiger partial charge in [-0.25, -0.2) is 4.98 Å². The lowest BCUT2D eigenvalue weighted by Crippen LogP contribution is -2.03. The van der Waals surface area contributed by atoms with Crippen molar-refractivity contribution in [2.75, 3.05) is 12.3 Å². The predicted octanol–water partition coefficient (Wildman–Crippen LogP) is 1.84. The van der Waals surface area contributed by atoms with Gasteiger partial charge in [0.05, 0.1) is 12.3 Å². The van der Waals surface area contributed by atoms with Crippen LogP contribution in [0.5, 0.6) is 0 Å². The molecule has 3 heteroatoms. The van der Waals surface area contributed by atoms with Gasteiger partial charge in [-0.05, 0) is 18.1 Å². The molecule has 2 N–H and O–H groups in total. The maximum atomic E-state index is 5.52. The molecule has 0 saturated carbocycles. The van der Waals surface area contributed by atoms with Gasteiger partial charge in [0, 0.05) is 6.61 Å². The Morgan fingerprint density at radius 3 is 2.85 bits per heavy atom. The van der Waals surface area contributed by atoms with Gasteiger partial charge in [0.2, 0.25) is 0 Å². The van der Waals surface area contributed by atoms with Crippen molar-refractivity contribution in [2.24, 2.45) is 5.92 Å². The Morgan fingerprint density at radius 2 is 2.23 bits per heavy atom. The molecule has 0 aliphatic carbocycles. The lowest BCUT2D eigenvalue weighted by atomic mass is 10.2. The van der Waals surface area contributed by atoms with Crippen LogP contribution in [-0.4, -0.2) is 11.6 Å². The summed E-state index contributed by atoms with van der Waals surface area (Å²) in [5, 5.41) is 0. The van der Waals surface area contributed by atoms with E-state index in [0.29, 0.717) is 18.3 Å². The second kappa shape index (κ2) is 4.82. The van der Waals surface area contributed by atoms with Gasteiger partial charge in [-0.15, -0.1) is 0 Å². The molecule has 0 spiro atoms. The van der Waals surface area contributed by atoms with Gasteiger partial charge >= 0.3 is 0 Å². The van der Waals surface area contributed by atoms with Crippen LogP contribution in [0.2, 0.25) is 0 Å². The Bertz CT molecular complexity index is 261. The number of hydrogen-bond donors (Lipinski definition) is 1. The molecule has 1 aromatic rings. The van der Waals surface area contributed by atoms with Crippen LogP contribution in [0.1, 0.15) is 19.5 Å². The summed E-state index contributed by atoms with van der Waals surface area (Å²) in [5.41, 5.74) is 6.41. The highest BCUT2D eigenvalue weighted by molar-refractivity contribution is 5.28. The zero-order valence-corrected chi connectivity index (χ0v) is 8.16. The van der Waals surface area contributed by atoms with Crippen LogP contribution in [0, 0.1) is 5.92 Å². The summed E-state index contributed by atoms with van der Waals surface area (Å²) in [4.78, 5) is 4.12.